The molecular formula is C23H18BrN3. The Morgan fingerprint density at radius 2 is 1.81 bits per heavy atom. The van der Waals surface area contributed by atoms with Crippen LogP contribution >= 0.6 is 15.9 Å². The molecule has 0 saturated heterocycles. The molecule has 0 unspecified atom stereocenters. The molecule has 0 aliphatic rings. The van der Waals surface area contributed by atoms with Crippen molar-refractivity contribution >= 4 is 44.8 Å². The fourth-order valence-electron chi connectivity index (χ4n) is 3.11. The van der Waals surface area contributed by atoms with Gasteiger partial charge in [-0.2, -0.15) is 0 Å². The molecule has 2 heterocycles. The molecule has 4 rings (SSSR count). The van der Waals surface area contributed by atoms with Crippen LogP contribution in [0.2, 0.25) is 0 Å². The van der Waals surface area contributed by atoms with Crippen LogP contribution < -0.4 is 5.73 Å². The predicted molar refractivity (Wildman–Crippen MR) is 117 cm³/mol. The molecule has 132 valence electrons. The smallest absolute Gasteiger partial charge is 0.131 e. The third-order valence-corrected chi connectivity index (χ3v) is 4.95. The van der Waals surface area contributed by atoms with E-state index in [-0.39, 0.29) is 0 Å². The lowest BCUT2D eigenvalue weighted by Crippen LogP contribution is -1.95. The molecule has 0 radical (unpaired) electrons. The molecule has 2 aromatic heterocycles. The second kappa shape index (κ2) is 7.33. The Labute approximate surface area is 166 Å². The van der Waals surface area contributed by atoms with Crippen molar-refractivity contribution in [2.75, 3.05) is 5.73 Å². The number of nitrogens with zero attached hydrogens (tertiary/aromatic N) is 2. The highest BCUT2D eigenvalue weighted by molar-refractivity contribution is 9.10. The maximum absolute atomic E-state index is 6.17. The molecule has 4 aromatic rings. The molecule has 0 amide bonds. The molecule has 4 heteroatoms. The summed E-state index contributed by atoms with van der Waals surface area (Å²) in [5.74, 6) is 0.519. The number of nitrogen functional groups attached to an aromatic ring is 1. The first kappa shape index (κ1) is 17.4. The van der Waals surface area contributed by atoms with Crippen LogP contribution in [0.5, 0.6) is 0 Å². The summed E-state index contributed by atoms with van der Waals surface area (Å²) >= 11 is 3.44. The van der Waals surface area contributed by atoms with Crippen LogP contribution in [-0.2, 0) is 0 Å². The molecule has 2 aromatic carbocycles. The average Bonchev–Trinajstić information content (AvgIpc) is 2.66. The van der Waals surface area contributed by atoms with E-state index >= 15 is 0 Å². The molecule has 0 aliphatic carbocycles. The Balaban J connectivity index is 1.76. The zero-order valence-electron chi connectivity index (χ0n) is 14.9. The maximum atomic E-state index is 6.17. The van der Waals surface area contributed by atoms with E-state index in [1.807, 2.05) is 30.5 Å². The molecule has 27 heavy (non-hydrogen) atoms. The SMILES string of the molecule is Cc1ccccc1-c1ccc2nc(N)c(/C=C\c3cncc(Br)c3)cc2c1. The van der Waals surface area contributed by atoms with Crippen LogP contribution in [0.15, 0.2) is 71.5 Å². The van der Waals surface area contributed by atoms with Gasteiger partial charge in [0, 0.05) is 27.8 Å². The number of hydrogen-bond acceptors (Lipinski definition) is 3. The lowest BCUT2D eigenvalue weighted by Gasteiger charge is -2.09. The first-order valence-electron chi connectivity index (χ1n) is 8.65. The van der Waals surface area contributed by atoms with E-state index in [4.69, 9.17) is 5.73 Å². The van der Waals surface area contributed by atoms with Gasteiger partial charge in [0.25, 0.3) is 0 Å². The Bertz CT molecular complexity index is 1170. The Morgan fingerprint density at radius 1 is 0.963 bits per heavy atom. The van der Waals surface area contributed by atoms with E-state index in [1.54, 1.807) is 6.20 Å². The average molecular weight is 416 g/mol. The second-order valence-corrected chi connectivity index (χ2v) is 7.37. The molecule has 0 atom stereocenters. The van der Waals surface area contributed by atoms with Crippen molar-refractivity contribution in [3.05, 3.63) is 88.2 Å². The van der Waals surface area contributed by atoms with Gasteiger partial charge in [-0.3, -0.25) is 4.98 Å². The van der Waals surface area contributed by atoms with E-state index in [1.165, 1.54) is 16.7 Å². The number of pyridine rings is 2. The van der Waals surface area contributed by atoms with Crippen LogP contribution in [0.3, 0.4) is 0 Å². The van der Waals surface area contributed by atoms with Gasteiger partial charge in [-0.05, 0) is 69.4 Å². The summed E-state index contributed by atoms with van der Waals surface area (Å²) < 4.78 is 0.942. The summed E-state index contributed by atoms with van der Waals surface area (Å²) in [6.07, 6.45) is 7.53. The zero-order valence-corrected chi connectivity index (χ0v) is 16.4. The molecular weight excluding hydrogens is 398 g/mol. The first-order chi connectivity index (χ1) is 13.1. The number of aryl methyl sites for hydroxylation is 1. The molecule has 3 nitrogen and oxygen atoms in total. The highest BCUT2D eigenvalue weighted by Gasteiger charge is 2.06. The number of hydrogen-bond donors (Lipinski definition) is 1. The summed E-state index contributed by atoms with van der Waals surface area (Å²) in [7, 11) is 0. The third-order valence-electron chi connectivity index (χ3n) is 4.51. The van der Waals surface area contributed by atoms with Gasteiger partial charge in [0.1, 0.15) is 5.82 Å². The quantitative estimate of drug-likeness (QED) is 0.438. The summed E-state index contributed by atoms with van der Waals surface area (Å²) in [4.78, 5) is 8.74. The summed E-state index contributed by atoms with van der Waals surface area (Å²) in [5, 5.41) is 1.07. The minimum atomic E-state index is 0.519. The summed E-state index contributed by atoms with van der Waals surface area (Å²) in [5.41, 5.74) is 12.6. The molecule has 0 bridgehead atoms. The van der Waals surface area contributed by atoms with Crippen LogP contribution in [0.1, 0.15) is 16.7 Å². The molecule has 2 N–H and O–H groups in total. The minimum absolute atomic E-state index is 0.519. The first-order valence-corrected chi connectivity index (χ1v) is 9.44. The van der Waals surface area contributed by atoms with Crippen molar-refractivity contribution in [2.24, 2.45) is 0 Å². The van der Waals surface area contributed by atoms with Gasteiger partial charge in [0.05, 0.1) is 5.52 Å². The zero-order chi connectivity index (χ0) is 18.8. The monoisotopic (exact) mass is 415 g/mol. The van der Waals surface area contributed by atoms with Gasteiger partial charge >= 0.3 is 0 Å². The minimum Gasteiger partial charge on any atom is -0.383 e. The maximum Gasteiger partial charge on any atom is 0.131 e. The van der Waals surface area contributed by atoms with Crippen molar-refractivity contribution in [3.8, 4) is 11.1 Å². The lowest BCUT2D eigenvalue weighted by molar-refractivity contribution is 1.30. The van der Waals surface area contributed by atoms with Gasteiger partial charge in [-0.25, -0.2) is 4.98 Å². The van der Waals surface area contributed by atoms with Crippen molar-refractivity contribution < 1.29 is 0 Å². The van der Waals surface area contributed by atoms with Crippen molar-refractivity contribution in [1.82, 2.24) is 9.97 Å². The van der Waals surface area contributed by atoms with E-state index in [2.05, 4.69) is 75.3 Å². The second-order valence-electron chi connectivity index (χ2n) is 6.46. The van der Waals surface area contributed by atoms with Gasteiger partial charge in [0.2, 0.25) is 0 Å². The Kier molecular flexibility index (Phi) is 4.73. The van der Waals surface area contributed by atoms with E-state index in [9.17, 15) is 0 Å². The molecule has 0 fully saturated rings. The highest BCUT2D eigenvalue weighted by atomic mass is 79.9. The summed E-state index contributed by atoms with van der Waals surface area (Å²) in [6, 6.07) is 18.8. The van der Waals surface area contributed by atoms with Crippen LogP contribution in [-0.4, -0.2) is 9.97 Å². The number of nitrogens with two attached hydrogens (primary N) is 1. The normalized spacial score (nSPS) is 11.3. The largest absolute Gasteiger partial charge is 0.383 e. The van der Waals surface area contributed by atoms with Crippen molar-refractivity contribution in [2.45, 2.75) is 6.92 Å². The van der Waals surface area contributed by atoms with Gasteiger partial charge in [-0.15, -0.1) is 0 Å². The molecule has 0 spiro atoms. The number of halogens is 1. The number of aromatic nitrogens is 2. The van der Waals surface area contributed by atoms with E-state index in [0.717, 1.165) is 26.5 Å². The predicted octanol–water partition coefficient (Wildman–Crippen LogP) is 6.12. The summed E-state index contributed by atoms with van der Waals surface area (Å²) in [6.45, 7) is 2.13. The van der Waals surface area contributed by atoms with Crippen LogP contribution in [0.25, 0.3) is 34.2 Å². The van der Waals surface area contributed by atoms with Crippen molar-refractivity contribution in [3.63, 3.8) is 0 Å². The Hall–Kier alpha value is -2.98. The number of fused-ring (bicyclic) bond motifs is 1. The highest BCUT2D eigenvalue weighted by Crippen LogP contribution is 2.28. The molecule has 0 saturated carbocycles. The van der Waals surface area contributed by atoms with Crippen LogP contribution in [0.4, 0.5) is 5.82 Å². The fraction of sp³-hybridized carbons (Fsp3) is 0.0435. The number of rotatable bonds is 3. The van der Waals surface area contributed by atoms with Crippen LogP contribution in [0, 0.1) is 6.92 Å². The van der Waals surface area contributed by atoms with Gasteiger partial charge < -0.3 is 5.73 Å². The third kappa shape index (κ3) is 3.76. The van der Waals surface area contributed by atoms with Gasteiger partial charge in [-0.1, -0.05) is 42.5 Å². The number of benzene rings is 2. The lowest BCUT2D eigenvalue weighted by atomic mass is 9.98. The van der Waals surface area contributed by atoms with E-state index in [0.29, 0.717) is 5.82 Å². The van der Waals surface area contributed by atoms with Crippen molar-refractivity contribution in [1.29, 1.82) is 0 Å². The molecule has 0 aliphatic heterocycles. The number of anilines is 1. The fourth-order valence-corrected chi connectivity index (χ4v) is 3.49. The topological polar surface area (TPSA) is 51.8 Å². The van der Waals surface area contributed by atoms with Gasteiger partial charge in [0.15, 0.2) is 0 Å². The Morgan fingerprint density at radius 3 is 2.63 bits per heavy atom. The van der Waals surface area contributed by atoms with E-state index < -0.39 is 0 Å². The standard InChI is InChI=1S/C23H18BrN3/c1-15-4-2-3-5-21(15)17-8-9-22-19(11-17)12-18(23(25)27-22)7-6-16-10-20(24)14-26-13-16/h2-14H,1H3,(H2,25,27)/b7-6-.